The average Bonchev–Trinajstić information content (AvgIpc) is 2.29. The molecule has 0 radical (unpaired) electrons. The molecule has 1 fully saturated rings. The van der Waals surface area contributed by atoms with E-state index in [1.807, 2.05) is 0 Å². The molecule has 0 aliphatic heterocycles. The van der Waals surface area contributed by atoms with Crippen LogP contribution in [0.3, 0.4) is 0 Å². The van der Waals surface area contributed by atoms with Crippen molar-refractivity contribution in [2.45, 2.75) is 77.7 Å². The second kappa shape index (κ2) is 8.15. The first-order chi connectivity index (χ1) is 7.38. The van der Waals surface area contributed by atoms with Crippen molar-refractivity contribution in [2.24, 2.45) is 5.92 Å². The molecule has 0 aromatic rings. The molecule has 1 N–H and O–H groups in total. The molecule has 0 saturated heterocycles. The van der Waals surface area contributed by atoms with Crippen LogP contribution in [0.2, 0.25) is 0 Å². The highest BCUT2D eigenvalue weighted by Gasteiger charge is 2.21. The monoisotopic (exact) mass is 211 g/mol. The maximum atomic E-state index is 3.79. The number of hydrogen-bond donors (Lipinski definition) is 1. The minimum absolute atomic E-state index is 0.821. The van der Waals surface area contributed by atoms with Gasteiger partial charge in [-0.1, -0.05) is 46.0 Å². The fourth-order valence-corrected chi connectivity index (χ4v) is 2.82. The van der Waals surface area contributed by atoms with Crippen LogP contribution in [0.4, 0.5) is 0 Å². The lowest BCUT2D eigenvalue weighted by Gasteiger charge is -2.31. The second-order valence-corrected chi connectivity index (χ2v) is 5.10. The lowest BCUT2D eigenvalue weighted by molar-refractivity contribution is 0.256. The van der Waals surface area contributed by atoms with E-state index in [4.69, 9.17) is 0 Å². The van der Waals surface area contributed by atoms with E-state index in [0.29, 0.717) is 0 Å². The second-order valence-electron chi connectivity index (χ2n) is 5.10. The summed E-state index contributed by atoms with van der Waals surface area (Å²) in [6.45, 7) is 5.83. The van der Waals surface area contributed by atoms with Crippen molar-refractivity contribution in [1.82, 2.24) is 5.32 Å². The molecule has 1 unspecified atom stereocenters. The Bertz CT molecular complexity index is 138. The lowest BCUT2D eigenvalue weighted by atomic mass is 9.82. The van der Waals surface area contributed by atoms with E-state index in [0.717, 1.165) is 12.0 Å². The molecule has 1 saturated carbocycles. The van der Waals surface area contributed by atoms with E-state index in [-0.39, 0.29) is 0 Å². The summed E-state index contributed by atoms with van der Waals surface area (Å²) in [5.41, 5.74) is 0. The predicted molar refractivity (Wildman–Crippen MR) is 68.2 cm³/mol. The van der Waals surface area contributed by atoms with E-state index in [1.165, 1.54) is 64.3 Å². The molecule has 1 aliphatic rings. The highest BCUT2D eigenvalue weighted by Crippen LogP contribution is 2.28. The van der Waals surface area contributed by atoms with Crippen molar-refractivity contribution in [3.05, 3.63) is 0 Å². The van der Waals surface area contributed by atoms with E-state index in [9.17, 15) is 0 Å². The summed E-state index contributed by atoms with van der Waals surface area (Å²) in [5, 5.41) is 3.79. The molecule has 0 aromatic carbocycles. The molecule has 0 heterocycles. The van der Waals surface area contributed by atoms with Crippen LogP contribution in [0.15, 0.2) is 0 Å². The van der Waals surface area contributed by atoms with Crippen molar-refractivity contribution in [3.8, 4) is 0 Å². The summed E-state index contributed by atoms with van der Waals surface area (Å²) in [4.78, 5) is 0. The minimum atomic E-state index is 0.821. The van der Waals surface area contributed by atoms with E-state index in [1.54, 1.807) is 0 Å². The topological polar surface area (TPSA) is 12.0 Å². The lowest BCUT2D eigenvalue weighted by Crippen LogP contribution is -2.37. The van der Waals surface area contributed by atoms with E-state index < -0.39 is 0 Å². The first-order valence-electron chi connectivity index (χ1n) is 7.11. The van der Waals surface area contributed by atoms with Crippen LogP contribution in [0.5, 0.6) is 0 Å². The molecule has 90 valence electrons. The standard InChI is InChI=1S/C14H29N/c1-3-5-12-15-14(9-4-2)13-10-7-6-8-11-13/h13-15H,3-12H2,1-2H3. The van der Waals surface area contributed by atoms with E-state index in [2.05, 4.69) is 19.2 Å². The molecule has 0 bridgehead atoms. The van der Waals surface area contributed by atoms with Gasteiger partial charge >= 0.3 is 0 Å². The number of hydrogen-bond acceptors (Lipinski definition) is 1. The molecule has 0 amide bonds. The largest absolute Gasteiger partial charge is 0.314 e. The zero-order valence-corrected chi connectivity index (χ0v) is 10.7. The fourth-order valence-electron chi connectivity index (χ4n) is 2.82. The third kappa shape index (κ3) is 5.01. The van der Waals surface area contributed by atoms with Gasteiger partial charge in [0.25, 0.3) is 0 Å². The maximum Gasteiger partial charge on any atom is 0.00952 e. The SMILES string of the molecule is CCCCNC(CCC)C1CCCCC1. The highest BCUT2D eigenvalue weighted by atomic mass is 14.9. The normalized spacial score (nSPS) is 20.4. The van der Waals surface area contributed by atoms with Crippen molar-refractivity contribution < 1.29 is 0 Å². The van der Waals surface area contributed by atoms with Crippen LogP contribution in [0.1, 0.15) is 71.6 Å². The summed E-state index contributed by atoms with van der Waals surface area (Å²) in [6.07, 6.45) is 12.7. The van der Waals surface area contributed by atoms with Crippen LogP contribution in [0, 0.1) is 5.92 Å². The Morgan fingerprint density at radius 3 is 2.40 bits per heavy atom. The first-order valence-corrected chi connectivity index (χ1v) is 7.11. The van der Waals surface area contributed by atoms with Gasteiger partial charge in [-0.25, -0.2) is 0 Å². The Balaban J connectivity index is 2.26. The van der Waals surface area contributed by atoms with Gasteiger partial charge in [0.05, 0.1) is 0 Å². The van der Waals surface area contributed by atoms with Gasteiger partial charge in [0.1, 0.15) is 0 Å². The highest BCUT2D eigenvalue weighted by molar-refractivity contribution is 4.78. The van der Waals surface area contributed by atoms with Crippen molar-refractivity contribution in [2.75, 3.05) is 6.54 Å². The molecule has 1 aliphatic carbocycles. The van der Waals surface area contributed by atoms with Crippen molar-refractivity contribution in [3.63, 3.8) is 0 Å². The predicted octanol–water partition coefficient (Wildman–Crippen LogP) is 4.13. The third-order valence-electron chi connectivity index (χ3n) is 3.76. The van der Waals surface area contributed by atoms with Gasteiger partial charge in [-0.2, -0.15) is 0 Å². The summed E-state index contributed by atoms with van der Waals surface area (Å²) in [6, 6.07) is 0.821. The quantitative estimate of drug-likeness (QED) is 0.624. The van der Waals surface area contributed by atoms with Gasteiger partial charge in [0.15, 0.2) is 0 Å². The Morgan fingerprint density at radius 2 is 1.80 bits per heavy atom. The smallest absolute Gasteiger partial charge is 0.00952 e. The minimum Gasteiger partial charge on any atom is -0.314 e. The molecule has 0 aromatic heterocycles. The summed E-state index contributed by atoms with van der Waals surface area (Å²) >= 11 is 0. The van der Waals surface area contributed by atoms with E-state index >= 15 is 0 Å². The number of rotatable bonds is 7. The molecular formula is C14H29N. The number of nitrogens with one attached hydrogen (secondary N) is 1. The van der Waals surface area contributed by atoms with Crippen LogP contribution in [-0.2, 0) is 0 Å². The zero-order valence-electron chi connectivity index (χ0n) is 10.7. The van der Waals surface area contributed by atoms with Crippen LogP contribution in [-0.4, -0.2) is 12.6 Å². The molecule has 1 heteroatoms. The Labute approximate surface area is 96.0 Å². The Hall–Kier alpha value is -0.0400. The fraction of sp³-hybridized carbons (Fsp3) is 1.00. The first kappa shape index (κ1) is 13.0. The van der Waals surface area contributed by atoms with Gasteiger partial charge in [0, 0.05) is 6.04 Å². The van der Waals surface area contributed by atoms with Crippen molar-refractivity contribution in [1.29, 1.82) is 0 Å². The number of unbranched alkanes of at least 4 members (excludes halogenated alkanes) is 1. The van der Waals surface area contributed by atoms with Gasteiger partial charge in [-0.05, 0) is 38.1 Å². The van der Waals surface area contributed by atoms with Gasteiger partial charge in [-0.15, -0.1) is 0 Å². The molecule has 0 spiro atoms. The third-order valence-corrected chi connectivity index (χ3v) is 3.76. The summed E-state index contributed by atoms with van der Waals surface area (Å²) < 4.78 is 0. The summed E-state index contributed by atoms with van der Waals surface area (Å²) in [7, 11) is 0. The Kier molecular flexibility index (Phi) is 7.08. The molecule has 1 rings (SSSR count). The van der Waals surface area contributed by atoms with Crippen molar-refractivity contribution >= 4 is 0 Å². The maximum absolute atomic E-state index is 3.79. The molecule has 15 heavy (non-hydrogen) atoms. The molecule has 1 atom stereocenters. The summed E-state index contributed by atoms with van der Waals surface area (Å²) in [5.74, 6) is 0.982. The Morgan fingerprint density at radius 1 is 1.07 bits per heavy atom. The van der Waals surface area contributed by atoms with Crippen LogP contribution >= 0.6 is 0 Å². The van der Waals surface area contributed by atoms with Gasteiger partial charge < -0.3 is 5.32 Å². The van der Waals surface area contributed by atoms with Gasteiger partial charge in [-0.3, -0.25) is 0 Å². The molecular weight excluding hydrogens is 182 g/mol. The molecule has 1 nitrogen and oxygen atoms in total. The zero-order chi connectivity index (χ0) is 10.9. The van der Waals surface area contributed by atoms with Gasteiger partial charge in [0.2, 0.25) is 0 Å². The average molecular weight is 211 g/mol. The van der Waals surface area contributed by atoms with Crippen LogP contribution in [0.25, 0.3) is 0 Å². The van der Waals surface area contributed by atoms with Crippen LogP contribution < -0.4 is 5.32 Å².